The van der Waals surface area contributed by atoms with Crippen molar-refractivity contribution in [3.05, 3.63) is 31.7 Å². The zero-order chi connectivity index (χ0) is 6.41. The van der Waals surface area contributed by atoms with E-state index in [0.29, 0.717) is 0 Å². The lowest BCUT2D eigenvalue weighted by Crippen LogP contribution is -1.91. The zero-order valence-electron chi connectivity index (χ0n) is 4.56. The first-order chi connectivity index (χ1) is 3.81. The molecule has 1 nitrogen and oxygen atoms in total. The maximum atomic E-state index is 11.8. The van der Waals surface area contributed by atoms with E-state index in [1.54, 1.807) is 0 Å². The minimum Gasteiger partial charge on any atom is -0.334 e. The smallest absolute Gasteiger partial charge is 0.291 e. The van der Waals surface area contributed by atoms with Gasteiger partial charge in [0.1, 0.15) is 0 Å². The van der Waals surface area contributed by atoms with E-state index in [-0.39, 0.29) is 6.61 Å². The molecule has 0 rings (SSSR count). The van der Waals surface area contributed by atoms with Crippen LogP contribution in [0.1, 0.15) is 0 Å². The minimum atomic E-state index is -0.662. The highest BCUT2D eigenvalue weighted by molar-refractivity contribution is 4.87. The first-order valence-electron chi connectivity index (χ1n) is 2.20. The summed E-state index contributed by atoms with van der Waals surface area (Å²) in [6, 6.07) is 0. The van der Waals surface area contributed by atoms with Crippen molar-refractivity contribution in [1.29, 1.82) is 0 Å². The third-order valence-electron chi connectivity index (χ3n) is 0.500. The van der Waals surface area contributed by atoms with Crippen LogP contribution in [0.15, 0.2) is 25.3 Å². The zero-order valence-corrected chi connectivity index (χ0v) is 4.56. The minimum absolute atomic E-state index is 0.192. The molecule has 0 saturated heterocycles. The largest absolute Gasteiger partial charge is 0.334 e. The molecule has 45 valence electrons. The van der Waals surface area contributed by atoms with E-state index in [1.165, 1.54) is 6.08 Å². The van der Waals surface area contributed by atoms with Crippen LogP contribution in [0.3, 0.4) is 0 Å². The van der Waals surface area contributed by atoms with Crippen LogP contribution in [0.4, 0.5) is 4.39 Å². The normalized spacial score (nSPS) is 9.25. The van der Waals surface area contributed by atoms with Crippen molar-refractivity contribution in [3.63, 3.8) is 0 Å². The van der Waals surface area contributed by atoms with Crippen molar-refractivity contribution in [2.45, 2.75) is 0 Å². The van der Waals surface area contributed by atoms with Crippen LogP contribution in [0, 0.1) is 6.36 Å². The van der Waals surface area contributed by atoms with Crippen molar-refractivity contribution in [2.24, 2.45) is 0 Å². The number of halogens is 1. The number of rotatable bonds is 4. The first kappa shape index (κ1) is 7.37. The molecule has 0 N–H and O–H groups in total. The molecule has 2 heteroatoms. The van der Waals surface area contributed by atoms with E-state index in [1.807, 2.05) is 0 Å². The number of hydrogen-bond acceptors (Lipinski definition) is 1. The topological polar surface area (TPSA) is 9.23 Å². The Morgan fingerprint density at radius 1 is 1.62 bits per heavy atom. The molecule has 0 aliphatic heterocycles. The summed E-state index contributed by atoms with van der Waals surface area (Å²) in [5.74, 6) is 0. The Hall–Kier alpha value is -0.630. The van der Waals surface area contributed by atoms with Gasteiger partial charge in [0.25, 0.3) is 6.36 Å². The van der Waals surface area contributed by atoms with E-state index >= 15 is 0 Å². The van der Waals surface area contributed by atoms with Crippen LogP contribution in [-0.4, -0.2) is 6.61 Å². The molecule has 0 bridgehead atoms. The quantitative estimate of drug-likeness (QED) is 0.508. The fourth-order valence-electron chi connectivity index (χ4n) is 0.197. The van der Waals surface area contributed by atoms with Gasteiger partial charge in [-0.3, -0.25) is 0 Å². The van der Waals surface area contributed by atoms with Gasteiger partial charge in [-0.15, -0.1) is 6.58 Å². The van der Waals surface area contributed by atoms with Gasteiger partial charge in [0.05, 0.1) is 6.61 Å². The molecule has 8 heavy (non-hydrogen) atoms. The standard InChI is InChI=1S/C6H8FO/c1-3-5-8-6(7)4-2/h3-4H,1-2,5H2. The van der Waals surface area contributed by atoms with Crippen LogP contribution in [0.25, 0.3) is 0 Å². The van der Waals surface area contributed by atoms with E-state index in [4.69, 9.17) is 0 Å². The summed E-state index contributed by atoms with van der Waals surface area (Å²) in [6.07, 6.45) is 1.80. The Morgan fingerprint density at radius 2 is 2.25 bits per heavy atom. The predicted octanol–water partition coefficient (Wildman–Crippen LogP) is 1.83. The Kier molecular flexibility index (Phi) is 4.17. The lowest BCUT2D eigenvalue weighted by atomic mass is 10.6. The second-order valence-corrected chi connectivity index (χ2v) is 1.11. The van der Waals surface area contributed by atoms with Crippen molar-refractivity contribution < 1.29 is 9.13 Å². The SMILES string of the molecule is C=CCO[C](F)C=C. The van der Waals surface area contributed by atoms with E-state index < -0.39 is 6.36 Å². The first-order valence-corrected chi connectivity index (χ1v) is 2.20. The summed E-state index contributed by atoms with van der Waals surface area (Å²) in [5, 5.41) is 0. The van der Waals surface area contributed by atoms with E-state index in [0.717, 1.165) is 6.08 Å². The second kappa shape index (κ2) is 4.53. The molecule has 1 radical (unpaired) electrons. The Labute approximate surface area is 48.5 Å². The molecule has 0 aliphatic carbocycles. The average molecular weight is 115 g/mol. The average Bonchev–Trinajstić information content (AvgIpc) is 1.83. The Bertz CT molecular complexity index is 80.6. The van der Waals surface area contributed by atoms with Crippen molar-refractivity contribution in [1.82, 2.24) is 0 Å². The molecule has 0 heterocycles. The maximum Gasteiger partial charge on any atom is 0.291 e. The van der Waals surface area contributed by atoms with E-state index in [2.05, 4.69) is 17.9 Å². The van der Waals surface area contributed by atoms with Crippen LogP contribution in [0.2, 0.25) is 0 Å². The summed E-state index contributed by atoms with van der Waals surface area (Å²) in [4.78, 5) is 0. The molecule has 0 saturated carbocycles. The van der Waals surface area contributed by atoms with Crippen LogP contribution in [0.5, 0.6) is 0 Å². The second-order valence-electron chi connectivity index (χ2n) is 1.11. The van der Waals surface area contributed by atoms with Crippen LogP contribution >= 0.6 is 0 Å². The molecule has 0 aliphatic rings. The van der Waals surface area contributed by atoms with Gasteiger partial charge in [0.15, 0.2) is 0 Å². The highest BCUT2D eigenvalue weighted by atomic mass is 19.1. The highest BCUT2D eigenvalue weighted by Crippen LogP contribution is 2.02. The Morgan fingerprint density at radius 3 is 2.62 bits per heavy atom. The molecule has 0 aromatic heterocycles. The molecule has 0 fully saturated rings. The lowest BCUT2D eigenvalue weighted by Gasteiger charge is -1.96. The van der Waals surface area contributed by atoms with Crippen LogP contribution < -0.4 is 0 Å². The summed E-state index contributed by atoms with van der Waals surface area (Å²) < 4.78 is 16.2. The third-order valence-corrected chi connectivity index (χ3v) is 0.500. The summed E-state index contributed by atoms with van der Waals surface area (Å²) in [5.41, 5.74) is 0. The van der Waals surface area contributed by atoms with E-state index in [9.17, 15) is 4.39 Å². The van der Waals surface area contributed by atoms with Gasteiger partial charge >= 0.3 is 0 Å². The molecule has 0 amide bonds. The fraction of sp³-hybridized carbons (Fsp3) is 0.167. The molecule has 0 aromatic carbocycles. The fourth-order valence-corrected chi connectivity index (χ4v) is 0.197. The molecular formula is C6H8FO. The summed E-state index contributed by atoms with van der Waals surface area (Å²) >= 11 is 0. The van der Waals surface area contributed by atoms with Crippen LogP contribution in [-0.2, 0) is 4.74 Å². The van der Waals surface area contributed by atoms with Gasteiger partial charge in [-0.2, -0.15) is 0 Å². The number of hydrogen-bond donors (Lipinski definition) is 0. The number of ether oxygens (including phenoxy) is 1. The van der Waals surface area contributed by atoms with Crippen molar-refractivity contribution in [2.75, 3.05) is 6.61 Å². The maximum absolute atomic E-state index is 11.8. The summed E-state index contributed by atoms with van der Waals surface area (Å²) in [6.45, 7) is 6.66. The van der Waals surface area contributed by atoms with Gasteiger partial charge in [0.2, 0.25) is 0 Å². The van der Waals surface area contributed by atoms with Gasteiger partial charge in [0, 0.05) is 0 Å². The van der Waals surface area contributed by atoms with Crippen molar-refractivity contribution in [3.8, 4) is 0 Å². The van der Waals surface area contributed by atoms with Gasteiger partial charge in [-0.1, -0.05) is 12.7 Å². The highest BCUT2D eigenvalue weighted by Gasteiger charge is 1.97. The Balaban J connectivity index is 3.09. The molecular weight excluding hydrogens is 107 g/mol. The predicted molar refractivity (Wildman–Crippen MR) is 30.7 cm³/mol. The third kappa shape index (κ3) is 3.56. The molecule has 0 spiro atoms. The van der Waals surface area contributed by atoms with Gasteiger partial charge < -0.3 is 4.74 Å². The lowest BCUT2D eigenvalue weighted by molar-refractivity contribution is 0.110. The van der Waals surface area contributed by atoms with Gasteiger partial charge in [-0.25, -0.2) is 4.39 Å². The molecule has 0 atom stereocenters. The van der Waals surface area contributed by atoms with Gasteiger partial charge in [-0.05, 0) is 6.08 Å². The molecule has 0 unspecified atom stereocenters. The molecule has 0 aromatic rings. The monoisotopic (exact) mass is 115 g/mol. The summed E-state index contributed by atoms with van der Waals surface area (Å²) in [7, 11) is 0. The van der Waals surface area contributed by atoms with Crippen molar-refractivity contribution >= 4 is 0 Å².